The molecular formula is C19H20FN3O3. The molecule has 2 heterocycles. The molecule has 1 aliphatic heterocycles. The van der Waals surface area contributed by atoms with Gasteiger partial charge in [-0.2, -0.15) is 0 Å². The number of aliphatic hydroxyl groups is 1. The topological polar surface area (TPSA) is 72.7 Å². The number of hydrogen-bond donors (Lipinski definition) is 2. The molecule has 1 saturated heterocycles. The third-order valence-electron chi connectivity index (χ3n) is 4.83. The van der Waals surface area contributed by atoms with Crippen LogP contribution < -0.4 is 10.7 Å². The van der Waals surface area contributed by atoms with Crippen LogP contribution in [0.3, 0.4) is 0 Å². The van der Waals surface area contributed by atoms with Crippen molar-refractivity contribution in [2.45, 2.75) is 6.10 Å². The second-order valence-corrected chi connectivity index (χ2v) is 6.55. The molecule has 136 valence electrons. The average Bonchev–Trinajstić information content (AvgIpc) is 3.02. The van der Waals surface area contributed by atoms with E-state index in [1.54, 1.807) is 30.3 Å². The first-order chi connectivity index (χ1) is 12.6. The van der Waals surface area contributed by atoms with Gasteiger partial charge in [0, 0.05) is 38.4 Å². The predicted octanol–water partition coefficient (Wildman–Crippen LogP) is 2.12. The Kier molecular flexibility index (Phi) is 4.48. The largest absolute Gasteiger partial charge is 0.417 e. The zero-order valence-corrected chi connectivity index (χ0v) is 14.2. The number of halogens is 1. The predicted molar refractivity (Wildman–Crippen MR) is 96.8 cm³/mol. The number of anilines is 1. The number of fused-ring (bicyclic) bond motifs is 1. The minimum atomic E-state index is -0.656. The molecule has 1 fully saturated rings. The van der Waals surface area contributed by atoms with Crippen molar-refractivity contribution in [3.05, 3.63) is 64.4 Å². The van der Waals surface area contributed by atoms with Gasteiger partial charge in [-0.1, -0.05) is 6.07 Å². The van der Waals surface area contributed by atoms with Gasteiger partial charge in [0.2, 0.25) is 0 Å². The first kappa shape index (κ1) is 16.8. The van der Waals surface area contributed by atoms with Crippen molar-refractivity contribution >= 4 is 16.8 Å². The number of hydrogen-bond acceptors (Lipinski definition) is 5. The molecule has 1 atom stereocenters. The van der Waals surface area contributed by atoms with E-state index in [1.165, 1.54) is 12.1 Å². The Bertz CT molecular complexity index is 943. The summed E-state index contributed by atoms with van der Waals surface area (Å²) in [4.78, 5) is 18.2. The summed E-state index contributed by atoms with van der Waals surface area (Å²) < 4.78 is 18.1. The van der Waals surface area contributed by atoms with Crippen LogP contribution in [-0.2, 0) is 0 Å². The Balaban J connectivity index is 1.37. The van der Waals surface area contributed by atoms with Crippen LogP contribution in [0.5, 0.6) is 0 Å². The second-order valence-electron chi connectivity index (χ2n) is 6.55. The molecule has 0 spiro atoms. The summed E-state index contributed by atoms with van der Waals surface area (Å²) >= 11 is 0. The summed E-state index contributed by atoms with van der Waals surface area (Å²) in [5, 5.41) is 10.5. The molecule has 0 unspecified atom stereocenters. The van der Waals surface area contributed by atoms with Crippen LogP contribution in [0.2, 0.25) is 0 Å². The highest BCUT2D eigenvalue weighted by atomic mass is 19.1. The highest BCUT2D eigenvalue weighted by molar-refractivity contribution is 5.72. The third-order valence-corrected chi connectivity index (χ3v) is 4.83. The minimum Gasteiger partial charge on any atom is -0.408 e. The lowest BCUT2D eigenvalue weighted by Crippen LogP contribution is -2.47. The lowest BCUT2D eigenvalue weighted by atomic mass is 10.1. The Hall–Kier alpha value is -2.64. The fourth-order valence-corrected chi connectivity index (χ4v) is 3.36. The van der Waals surface area contributed by atoms with Gasteiger partial charge >= 0.3 is 5.76 Å². The van der Waals surface area contributed by atoms with Gasteiger partial charge in [0.15, 0.2) is 5.58 Å². The molecule has 1 aromatic heterocycles. The van der Waals surface area contributed by atoms with E-state index in [4.69, 9.17) is 4.42 Å². The van der Waals surface area contributed by atoms with E-state index in [0.717, 1.165) is 37.4 Å². The molecule has 0 amide bonds. The average molecular weight is 357 g/mol. The number of H-pyrrole nitrogens is 1. The number of aliphatic hydroxyl groups excluding tert-OH is 1. The number of piperazine rings is 1. The molecule has 2 aromatic carbocycles. The quantitative estimate of drug-likeness (QED) is 0.748. The number of aromatic nitrogens is 1. The molecule has 1 aliphatic rings. The van der Waals surface area contributed by atoms with Crippen molar-refractivity contribution in [3.63, 3.8) is 0 Å². The number of nitrogens with one attached hydrogen (secondary N) is 1. The normalized spacial score (nSPS) is 16.9. The molecule has 4 rings (SSSR count). The van der Waals surface area contributed by atoms with Crippen molar-refractivity contribution < 1.29 is 13.9 Å². The molecule has 0 aliphatic carbocycles. The Morgan fingerprint density at radius 3 is 2.58 bits per heavy atom. The molecule has 6 nitrogen and oxygen atoms in total. The van der Waals surface area contributed by atoms with Gasteiger partial charge in [-0.05, 0) is 42.0 Å². The summed E-state index contributed by atoms with van der Waals surface area (Å²) in [6, 6.07) is 11.8. The van der Waals surface area contributed by atoms with E-state index in [0.29, 0.717) is 17.6 Å². The second kappa shape index (κ2) is 6.93. The number of benzene rings is 2. The van der Waals surface area contributed by atoms with E-state index in [-0.39, 0.29) is 5.82 Å². The van der Waals surface area contributed by atoms with E-state index in [2.05, 4.69) is 14.8 Å². The van der Waals surface area contributed by atoms with E-state index >= 15 is 0 Å². The highest BCUT2D eigenvalue weighted by Crippen LogP contribution is 2.21. The van der Waals surface area contributed by atoms with Crippen LogP contribution in [0.4, 0.5) is 10.1 Å². The third kappa shape index (κ3) is 3.49. The fraction of sp³-hybridized carbons (Fsp3) is 0.316. The maximum atomic E-state index is 13.0. The zero-order valence-electron chi connectivity index (χ0n) is 14.2. The summed E-state index contributed by atoms with van der Waals surface area (Å²) in [5.41, 5.74) is 2.81. The van der Waals surface area contributed by atoms with Crippen LogP contribution in [0, 0.1) is 5.82 Å². The van der Waals surface area contributed by atoms with Gasteiger partial charge in [0.25, 0.3) is 0 Å². The number of aromatic amines is 1. The molecule has 0 saturated carbocycles. The SMILES string of the molecule is O=c1[nH]c2ccc([C@H](O)CN3CCN(c4ccc(F)cc4)CC3)cc2o1. The molecule has 0 radical (unpaired) electrons. The van der Waals surface area contributed by atoms with Gasteiger partial charge in [-0.15, -0.1) is 0 Å². The van der Waals surface area contributed by atoms with Gasteiger partial charge < -0.3 is 14.4 Å². The van der Waals surface area contributed by atoms with Gasteiger partial charge in [-0.25, -0.2) is 9.18 Å². The highest BCUT2D eigenvalue weighted by Gasteiger charge is 2.20. The maximum absolute atomic E-state index is 13.0. The van der Waals surface area contributed by atoms with Crippen LogP contribution >= 0.6 is 0 Å². The minimum absolute atomic E-state index is 0.231. The van der Waals surface area contributed by atoms with Crippen molar-refractivity contribution in [2.24, 2.45) is 0 Å². The van der Waals surface area contributed by atoms with E-state index in [1.807, 2.05) is 0 Å². The Morgan fingerprint density at radius 1 is 1.12 bits per heavy atom. The smallest absolute Gasteiger partial charge is 0.408 e. The number of β-amino-alcohol motifs (C(OH)–C–C–N with tert-alkyl or cyclic N) is 1. The molecule has 7 heteroatoms. The monoisotopic (exact) mass is 357 g/mol. The molecule has 0 bridgehead atoms. The van der Waals surface area contributed by atoms with Crippen LogP contribution in [0.1, 0.15) is 11.7 Å². The molecule has 3 aromatic rings. The number of oxazole rings is 1. The lowest BCUT2D eigenvalue weighted by Gasteiger charge is -2.37. The maximum Gasteiger partial charge on any atom is 0.417 e. The summed E-state index contributed by atoms with van der Waals surface area (Å²) in [6.45, 7) is 3.79. The molecular weight excluding hydrogens is 337 g/mol. The van der Waals surface area contributed by atoms with Gasteiger partial charge in [0.1, 0.15) is 5.82 Å². The fourth-order valence-electron chi connectivity index (χ4n) is 3.36. The van der Waals surface area contributed by atoms with E-state index < -0.39 is 11.9 Å². The Morgan fingerprint density at radius 2 is 1.85 bits per heavy atom. The lowest BCUT2D eigenvalue weighted by molar-refractivity contribution is 0.109. The number of nitrogens with zero attached hydrogens (tertiary/aromatic N) is 2. The van der Waals surface area contributed by atoms with Crippen molar-refractivity contribution in [3.8, 4) is 0 Å². The summed E-state index contributed by atoms with van der Waals surface area (Å²) in [7, 11) is 0. The standard InChI is InChI=1S/C19H20FN3O3/c20-14-2-4-15(5-3-14)23-9-7-22(8-10-23)12-17(24)13-1-6-16-18(11-13)26-19(25)21-16/h1-6,11,17,24H,7-10,12H2,(H,21,25)/t17-/m1/s1. The summed E-state index contributed by atoms with van der Waals surface area (Å²) in [5.74, 6) is -0.728. The van der Waals surface area contributed by atoms with Crippen LogP contribution in [0.25, 0.3) is 11.1 Å². The van der Waals surface area contributed by atoms with E-state index in [9.17, 15) is 14.3 Å². The molecule has 26 heavy (non-hydrogen) atoms. The van der Waals surface area contributed by atoms with Crippen molar-refractivity contribution in [1.29, 1.82) is 0 Å². The first-order valence-corrected chi connectivity index (χ1v) is 8.62. The van der Waals surface area contributed by atoms with Crippen molar-refractivity contribution in [2.75, 3.05) is 37.6 Å². The van der Waals surface area contributed by atoms with Crippen LogP contribution in [0.15, 0.2) is 51.7 Å². The van der Waals surface area contributed by atoms with Gasteiger partial charge in [0.05, 0.1) is 11.6 Å². The Labute approximate surface area is 149 Å². The summed E-state index contributed by atoms with van der Waals surface area (Å²) in [6.07, 6.45) is -0.656. The zero-order chi connectivity index (χ0) is 18.1. The first-order valence-electron chi connectivity index (χ1n) is 8.62. The van der Waals surface area contributed by atoms with Gasteiger partial charge in [-0.3, -0.25) is 9.88 Å². The molecule has 2 N–H and O–H groups in total. The van der Waals surface area contributed by atoms with Crippen LogP contribution in [-0.4, -0.2) is 47.7 Å². The van der Waals surface area contributed by atoms with Crippen molar-refractivity contribution in [1.82, 2.24) is 9.88 Å². The number of rotatable bonds is 4.